The van der Waals surface area contributed by atoms with E-state index >= 15 is 0 Å². The molecule has 0 radical (unpaired) electrons. The van der Waals surface area contributed by atoms with E-state index in [1.54, 1.807) is 35.3 Å². The molecular weight excluding hydrogens is 406 g/mol. The second-order valence-electron chi connectivity index (χ2n) is 7.33. The van der Waals surface area contributed by atoms with Crippen LogP contribution in [0.25, 0.3) is 0 Å². The SMILES string of the molecule is CC(C)(C#N)c1cc(Cc2ccc(OOS(N)(=O)=O)cc2)cc(Cn2cncn2)c1. The van der Waals surface area contributed by atoms with E-state index < -0.39 is 15.7 Å². The maximum Gasteiger partial charge on any atom is 0.368 e. The number of nitrogens with zero attached hydrogens (tertiary/aromatic N) is 4. The number of benzene rings is 2. The zero-order valence-corrected chi connectivity index (χ0v) is 17.3. The summed E-state index contributed by atoms with van der Waals surface area (Å²) in [5.41, 5.74) is 3.28. The van der Waals surface area contributed by atoms with Gasteiger partial charge in [-0.15, -0.1) is 0 Å². The van der Waals surface area contributed by atoms with Crippen molar-refractivity contribution < 1.29 is 17.6 Å². The van der Waals surface area contributed by atoms with Crippen LogP contribution < -0.4 is 10.0 Å². The first-order valence-corrected chi connectivity index (χ1v) is 10.5. The Morgan fingerprint density at radius 1 is 1.13 bits per heavy atom. The Labute approximate surface area is 174 Å². The van der Waals surface area contributed by atoms with Gasteiger partial charge < -0.3 is 4.89 Å². The number of hydrogen-bond donors (Lipinski definition) is 1. The summed E-state index contributed by atoms with van der Waals surface area (Å²) < 4.78 is 27.4. The zero-order valence-electron chi connectivity index (χ0n) is 16.5. The zero-order chi connectivity index (χ0) is 21.8. The molecule has 0 amide bonds. The first kappa shape index (κ1) is 21.4. The highest BCUT2D eigenvalue weighted by Crippen LogP contribution is 2.26. The largest absolute Gasteiger partial charge is 0.368 e. The van der Waals surface area contributed by atoms with Crippen molar-refractivity contribution in [2.24, 2.45) is 5.14 Å². The summed E-state index contributed by atoms with van der Waals surface area (Å²) in [6.07, 6.45) is 3.73. The lowest BCUT2D eigenvalue weighted by Gasteiger charge is -2.19. The molecule has 156 valence electrons. The van der Waals surface area contributed by atoms with Crippen LogP contribution in [0, 0.1) is 11.3 Å². The van der Waals surface area contributed by atoms with Gasteiger partial charge in [-0.25, -0.2) is 14.8 Å². The van der Waals surface area contributed by atoms with Crippen LogP contribution in [0.1, 0.15) is 36.1 Å². The number of hydrogen-bond acceptors (Lipinski definition) is 7. The van der Waals surface area contributed by atoms with E-state index in [0.717, 1.165) is 22.3 Å². The monoisotopic (exact) mass is 427 g/mol. The number of aromatic nitrogens is 3. The van der Waals surface area contributed by atoms with Gasteiger partial charge in [-0.3, -0.25) is 0 Å². The van der Waals surface area contributed by atoms with Crippen molar-refractivity contribution in [2.75, 3.05) is 0 Å². The summed E-state index contributed by atoms with van der Waals surface area (Å²) >= 11 is 0. The summed E-state index contributed by atoms with van der Waals surface area (Å²) in [6, 6.07) is 15.2. The van der Waals surface area contributed by atoms with E-state index in [1.165, 1.54) is 6.33 Å². The molecule has 10 heteroatoms. The van der Waals surface area contributed by atoms with E-state index in [-0.39, 0.29) is 5.75 Å². The van der Waals surface area contributed by atoms with Gasteiger partial charge in [0.25, 0.3) is 0 Å². The molecule has 0 spiro atoms. The van der Waals surface area contributed by atoms with Gasteiger partial charge in [-0.2, -0.15) is 18.8 Å². The van der Waals surface area contributed by atoms with Gasteiger partial charge in [0.1, 0.15) is 12.7 Å². The molecule has 3 aromatic rings. The van der Waals surface area contributed by atoms with Crippen molar-refractivity contribution in [1.82, 2.24) is 14.8 Å². The first-order chi connectivity index (χ1) is 14.1. The van der Waals surface area contributed by atoms with Gasteiger partial charge in [0.15, 0.2) is 5.75 Å². The highest BCUT2D eigenvalue weighted by molar-refractivity contribution is 7.84. The molecule has 0 saturated carbocycles. The van der Waals surface area contributed by atoms with Crippen LogP contribution >= 0.6 is 0 Å². The standard InChI is InChI=1S/C20H21N5O4S/c1-20(2,12-21)18-9-16(8-17(10-18)11-25-14-23-13-24-25)7-15-3-5-19(6-4-15)28-29-30(22,26)27/h3-6,8-10,13-14H,7,11H2,1-2H3,(H2,22,26,27). The number of nitriles is 1. The fourth-order valence-electron chi connectivity index (χ4n) is 2.87. The Kier molecular flexibility index (Phi) is 6.17. The minimum Gasteiger partial charge on any atom is -0.320 e. The Hall–Kier alpha value is -3.26. The van der Waals surface area contributed by atoms with Gasteiger partial charge in [0.2, 0.25) is 0 Å². The Morgan fingerprint density at radius 2 is 1.83 bits per heavy atom. The topological polar surface area (TPSA) is 133 Å². The molecule has 2 aromatic carbocycles. The summed E-state index contributed by atoms with van der Waals surface area (Å²) in [5.74, 6) is 0.207. The predicted molar refractivity (Wildman–Crippen MR) is 108 cm³/mol. The fourth-order valence-corrected chi connectivity index (χ4v) is 3.04. The molecule has 0 bridgehead atoms. The molecule has 0 unspecified atom stereocenters. The highest BCUT2D eigenvalue weighted by atomic mass is 32.2. The molecule has 30 heavy (non-hydrogen) atoms. The predicted octanol–water partition coefficient (Wildman–Crippen LogP) is 2.23. The molecule has 0 saturated heterocycles. The minimum atomic E-state index is -4.19. The highest BCUT2D eigenvalue weighted by Gasteiger charge is 2.21. The summed E-state index contributed by atoms with van der Waals surface area (Å²) in [4.78, 5) is 8.63. The molecule has 0 aliphatic carbocycles. The molecular formula is C20H21N5O4S. The average molecular weight is 427 g/mol. The van der Waals surface area contributed by atoms with E-state index in [9.17, 15) is 13.7 Å². The van der Waals surface area contributed by atoms with Gasteiger partial charge in [-0.1, -0.05) is 30.3 Å². The number of nitrogens with two attached hydrogens (primary N) is 1. The van der Waals surface area contributed by atoms with Crippen LogP contribution in [0.4, 0.5) is 0 Å². The molecule has 0 atom stereocenters. The van der Waals surface area contributed by atoms with E-state index in [4.69, 9.17) is 5.14 Å². The maximum absolute atomic E-state index is 10.8. The number of rotatable bonds is 8. The van der Waals surface area contributed by atoms with Crippen molar-refractivity contribution in [3.8, 4) is 11.8 Å². The average Bonchev–Trinajstić information content (AvgIpc) is 3.19. The molecule has 1 aromatic heterocycles. The van der Waals surface area contributed by atoms with Crippen LogP contribution in [0.15, 0.2) is 55.1 Å². The van der Waals surface area contributed by atoms with Crippen LogP contribution in [0.2, 0.25) is 0 Å². The third kappa shape index (κ3) is 5.87. The lowest BCUT2D eigenvalue weighted by Crippen LogP contribution is -2.17. The van der Waals surface area contributed by atoms with Crippen molar-refractivity contribution in [3.05, 3.63) is 77.4 Å². The molecule has 3 rings (SSSR count). The van der Waals surface area contributed by atoms with Crippen LogP contribution in [-0.2, 0) is 33.0 Å². The second kappa shape index (κ2) is 8.62. The van der Waals surface area contributed by atoms with Crippen molar-refractivity contribution in [1.29, 1.82) is 5.26 Å². The normalized spacial score (nSPS) is 11.8. The first-order valence-electron chi connectivity index (χ1n) is 8.99. The van der Waals surface area contributed by atoms with Crippen molar-refractivity contribution in [3.63, 3.8) is 0 Å². The third-order valence-corrected chi connectivity index (χ3v) is 4.68. The molecule has 2 N–H and O–H groups in total. The molecule has 1 heterocycles. The second-order valence-corrected chi connectivity index (χ2v) is 8.45. The van der Waals surface area contributed by atoms with Gasteiger partial charge in [0, 0.05) is 0 Å². The Morgan fingerprint density at radius 3 is 2.43 bits per heavy atom. The van der Waals surface area contributed by atoms with Crippen LogP contribution in [-0.4, -0.2) is 23.2 Å². The molecule has 0 fully saturated rings. The summed E-state index contributed by atoms with van der Waals surface area (Å²) in [5, 5.41) is 18.4. The summed E-state index contributed by atoms with van der Waals surface area (Å²) in [7, 11) is -4.19. The quantitative estimate of drug-likeness (QED) is 0.430. The maximum atomic E-state index is 10.8. The van der Waals surface area contributed by atoms with E-state index in [1.807, 2.05) is 26.0 Å². The van der Waals surface area contributed by atoms with Gasteiger partial charge in [-0.05, 0) is 59.0 Å². The van der Waals surface area contributed by atoms with Crippen molar-refractivity contribution >= 4 is 10.3 Å². The Balaban J connectivity index is 1.83. The van der Waals surface area contributed by atoms with Gasteiger partial charge in [0.05, 0.1) is 18.0 Å². The summed E-state index contributed by atoms with van der Waals surface area (Å²) in [6.45, 7) is 4.30. The van der Waals surface area contributed by atoms with Crippen molar-refractivity contribution in [2.45, 2.75) is 32.2 Å². The van der Waals surface area contributed by atoms with Crippen LogP contribution in [0.3, 0.4) is 0 Å². The van der Waals surface area contributed by atoms with E-state index in [0.29, 0.717) is 13.0 Å². The van der Waals surface area contributed by atoms with Gasteiger partial charge >= 0.3 is 10.3 Å². The molecule has 0 aliphatic rings. The molecule has 9 nitrogen and oxygen atoms in total. The lowest BCUT2D eigenvalue weighted by molar-refractivity contribution is -0.0926. The fraction of sp³-hybridized carbons (Fsp3) is 0.250. The minimum absolute atomic E-state index is 0.207. The Bertz CT molecular complexity index is 1150. The van der Waals surface area contributed by atoms with Crippen LogP contribution in [0.5, 0.6) is 5.75 Å². The smallest absolute Gasteiger partial charge is 0.320 e. The lowest BCUT2D eigenvalue weighted by atomic mass is 9.83. The third-order valence-electron chi connectivity index (χ3n) is 4.42. The van der Waals surface area contributed by atoms with E-state index in [2.05, 4.69) is 31.4 Å². The molecule has 0 aliphatic heterocycles.